The summed E-state index contributed by atoms with van der Waals surface area (Å²) in [6.07, 6.45) is 0. The van der Waals surface area contributed by atoms with E-state index < -0.39 is 0 Å². The molecular formula is C20H31IN4O. The van der Waals surface area contributed by atoms with Crippen molar-refractivity contribution in [1.82, 2.24) is 15.8 Å². The zero-order valence-corrected chi connectivity index (χ0v) is 19.0. The monoisotopic (exact) mass is 470 g/mol. The molecule has 1 heterocycles. The first-order valence-corrected chi connectivity index (χ1v) is 8.95. The Kier molecular flexibility index (Phi) is 9.12. The Morgan fingerprint density at radius 1 is 1.12 bits per heavy atom. The summed E-state index contributed by atoms with van der Waals surface area (Å²) < 4.78 is 5.37. The lowest BCUT2D eigenvalue weighted by Crippen LogP contribution is -2.36. The molecule has 0 spiro atoms. The number of aryl methyl sites for hydroxylation is 3. The molecule has 0 saturated heterocycles. The molecule has 1 aromatic heterocycles. The van der Waals surface area contributed by atoms with Crippen LogP contribution in [0.5, 0.6) is 0 Å². The highest BCUT2D eigenvalue weighted by Crippen LogP contribution is 2.17. The Hall–Kier alpha value is -1.57. The highest BCUT2D eigenvalue weighted by atomic mass is 127. The van der Waals surface area contributed by atoms with Crippen molar-refractivity contribution >= 4 is 29.9 Å². The fraction of sp³-hybridized carbons (Fsp3) is 0.500. The van der Waals surface area contributed by atoms with E-state index in [0.717, 1.165) is 24.0 Å². The summed E-state index contributed by atoms with van der Waals surface area (Å²) in [5.74, 6) is 1.97. The van der Waals surface area contributed by atoms with Gasteiger partial charge >= 0.3 is 0 Å². The predicted molar refractivity (Wildman–Crippen MR) is 118 cm³/mol. The van der Waals surface area contributed by atoms with Gasteiger partial charge in [-0.25, -0.2) is 4.99 Å². The van der Waals surface area contributed by atoms with Gasteiger partial charge in [0.1, 0.15) is 0 Å². The molecule has 0 aliphatic carbocycles. The summed E-state index contributed by atoms with van der Waals surface area (Å²) in [4.78, 5) is 4.72. The van der Waals surface area contributed by atoms with Gasteiger partial charge in [0, 0.05) is 12.6 Å². The van der Waals surface area contributed by atoms with Crippen molar-refractivity contribution in [2.24, 2.45) is 4.99 Å². The fourth-order valence-electron chi connectivity index (χ4n) is 2.81. The van der Waals surface area contributed by atoms with Crippen molar-refractivity contribution < 1.29 is 4.52 Å². The molecule has 144 valence electrons. The van der Waals surface area contributed by atoms with Crippen LogP contribution in [0.4, 0.5) is 0 Å². The first-order valence-electron chi connectivity index (χ1n) is 8.95. The van der Waals surface area contributed by atoms with Crippen molar-refractivity contribution in [2.75, 3.05) is 6.54 Å². The third-order valence-electron chi connectivity index (χ3n) is 4.18. The standard InChI is InChI=1S/C20H30N4O.HI/c1-7-21-20(22-11-17-10-19(13(2)3)24-25-17)23-12-18-15(5)8-14(4)9-16(18)6;/h8-10,13H,7,11-12H2,1-6H3,(H2,21,22,23);1H. The molecule has 6 heteroatoms. The maximum atomic E-state index is 5.37. The van der Waals surface area contributed by atoms with Crippen molar-refractivity contribution in [3.8, 4) is 0 Å². The Morgan fingerprint density at radius 2 is 1.77 bits per heavy atom. The van der Waals surface area contributed by atoms with Crippen molar-refractivity contribution in [3.05, 3.63) is 51.9 Å². The largest absolute Gasteiger partial charge is 0.359 e. The molecule has 0 atom stereocenters. The summed E-state index contributed by atoms with van der Waals surface area (Å²) >= 11 is 0. The van der Waals surface area contributed by atoms with E-state index in [-0.39, 0.29) is 24.0 Å². The number of guanidine groups is 1. The van der Waals surface area contributed by atoms with E-state index in [1.54, 1.807) is 0 Å². The zero-order chi connectivity index (χ0) is 18.4. The van der Waals surface area contributed by atoms with Gasteiger partial charge in [-0.05, 0) is 50.3 Å². The van der Waals surface area contributed by atoms with Crippen LogP contribution in [0.1, 0.15) is 60.4 Å². The molecular weight excluding hydrogens is 439 g/mol. The van der Waals surface area contributed by atoms with E-state index in [1.807, 2.05) is 6.07 Å². The smallest absolute Gasteiger partial charge is 0.191 e. The summed E-state index contributed by atoms with van der Waals surface area (Å²) in [6, 6.07) is 6.41. The maximum Gasteiger partial charge on any atom is 0.191 e. The Labute approximate surface area is 174 Å². The SMILES string of the molecule is CCNC(=NCc1c(C)cc(C)cc1C)NCc1cc(C(C)C)no1.I. The number of hydrogen-bond acceptors (Lipinski definition) is 3. The number of nitrogens with zero attached hydrogens (tertiary/aromatic N) is 2. The van der Waals surface area contributed by atoms with Gasteiger partial charge < -0.3 is 15.2 Å². The summed E-state index contributed by atoms with van der Waals surface area (Å²) in [6.45, 7) is 14.7. The highest BCUT2D eigenvalue weighted by molar-refractivity contribution is 14.0. The number of nitrogens with one attached hydrogen (secondary N) is 2. The Bertz CT molecular complexity index is 714. The lowest BCUT2D eigenvalue weighted by Gasteiger charge is -2.12. The topological polar surface area (TPSA) is 62.5 Å². The van der Waals surface area contributed by atoms with Gasteiger partial charge in [0.2, 0.25) is 0 Å². The Balaban J connectivity index is 0.00000338. The number of benzene rings is 1. The van der Waals surface area contributed by atoms with Crippen LogP contribution >= 0.6 is 24.0 Å². The van der Waals surface area contributed by atoms with Crippen LogP contribution in [0.3, 0.4) is 0 Å². The number of aromatic nitrogens is 1. The maximum absolute atomic E-state index is 5.37. The molecule has 1 aromatic carbocycles. The van der Waals surface area contributed by atoms with Crippen LogP contribution < -0.4 is 10.6 Å². The average Bonchev–Trinajstić information content (AvgIpc) is 3.00. The van der Waals surface area contributed by atoms with Gasteiger partial charge in [-0.1, -0.05) is 36.7 Å². The minimum atomic E-state index is 0. The van der Waals surface area contributed by atoms with Gasteiger partial charge in [0.25, 0.3) is 0 Å². The van der Waals surface area contributed by atoms with Gasteiger partial charge in [-0.3, -0.25) is 0 Å². The molecule has 0 saturated carbocycles. The lowest BCUT2D eigenvalue weighted by molar-refractivity contribution is 0.372. The summed E-state index contributed by atoms with van der Waals surface area (Å²) in [5.41, 5.74) is 6.12. The number of halogens is 1. The lowest BCUT2D eigenvalue weighted by atomic mass is 10.00. The number of rotatable bonds is 6. The third-order valence-corrected chi connectivity index (χ3v) is 4.18. The van der Waals surface area contributed by atoms with Crippen LogP contribution in [0, 0.1) is 20.8 Å². The molecule has 5 nitrogen and oxygen atoms in total. The second-order valence-electron chi connectivity index (χ2n) is 6.80. The van der Waals surface area contributed by atoms with Gasteiger partial charge in [-0.15, -0.1) is 24.0 Å². The third kappa shape index (κ3) is 6.30. The van der Waals surface area contributed by atoms with Gasteiger partial charge in [0.05, 0.1) is 18.8 Å². The molecule has 2 rings (SSSR count). The summed E-state index contributed by atoms with van der Waals surface area (Å²) in [7, 11) is 0. The molecule has 0 fully saturated rings. The molecule has 2 N–H and O–H groups in total. The van der Waals surface area contributed by atoms with E-state index in [0.29, 0.717) is 19.0 Å². The molecule has 0 aliphatic rings. The summed E-state index contributed by atoms with van der Waals surface area (Å²) in [5, 5.41) is 10.7. The second-order valence-corrected chi connectivity index (χ2v) is 6.80. The molecule has 2 aromatic rings. The quantitative estimate of drug-likeness (QED) is 0.368. The minimum Gasteiger partial charge on any atom is -0.359 e. The zero-order valence-electron chi connectivity index (χ0n) is 16.6. The van der Waals surface area contributed by atoms with E-state index in [1.165, 1.54) is 22.3 Å². The minimum absolute atomic E-state index is 0. The molecule has 0 amide bonds. The van der Waals surface area contributed by atoms with E-state index in [2.05, 4.69) is 69.5 Å². The van der Waals surface area contributed by atoms with Crippen LogP contribution in [0.15, 0.2) is 27.7 Å². The van der Waals surface area contributed by atoms with Crippen molar-refractivity contribution in [1.29, 1.82) is 0 Å². The van der Waals surface area contributed by atoms with E-state index in [4.69, 9.17) is 9.52 Å². The van der Waals surface area contributed by atoms with Crippen LogP contribution in [0.2, 0.25) is 0 Å². The number of hydrogen-bond donors (Lipinski definition) is 2. The van der Waals surface area contributed by atoms with Gasteiger partial charge in [0.15, 0.2) is 11.7 Å². The normalized spacial score (nSPS) is 11.4. The number of aliphatic imine (C=N–C) groups is 1. The molecule has 0 unspecified atom stereocenters. The van der Waals surface area contributed by atoms with E-state index >= 15 is 0 Å². The van der Waals surface area contributed by atoms with Gasteiger partial charge in [-0.2, -0.15) is 0 Å². The van der Waals surface area contributed by atoms with Crippen molar-refractivity contribution in [3.63, 3.8) is 0 Å². The first kappa shape index (κ1) is 22.5. The Morgan fingerprint density at radius 3 is 2.31 bits per heavy atom. The fourth-order valence-corrected chi connectivity index (χ4v) is 2.81. The average molecular weight is 470 g/mol. The molecule has 0 aliphatic heterocycles. The highest BCUT2D eigenvalue weighted by Gasteiger charge is 2.09. The second kappa shape index (κ2) is 10.5. The predicted octanol–water partition coefficient (Wildman–Crippen LogP) is 4.60. The molecule has 26 heavy (non-hydrogen) atoms. The van der Waals surface area contributed by atoms with Crippen LogP contribution in [0.25, 0.3) is 0 Å². The van der Waals surface area contributed by atoms with Crippen molar-refractivity contribution in [2.45, 2.75) is 60.5 Å². The first-order chi connectivity index (χ1) is 11.9. The van der Waals surface area contributed by atoms with E-state index in [9.17, 15) is 0 Å². The molecule has 0 radical (unpaired) electrons. The van der Waals surface area contributed by atoms with Crippen LogP contribution in [-0.4, -0.2) is 17.7 Å². The van der Waals surface area contributed by atoms with Crippen LogP contribution in [-0.2, 0) is 13.1 Å². The molecule has 0 bridgehead atoms.